The second-order valence-electron chi connectivity index (χ2n) is 4.54. The predicted molar refractivity (Wildman–Crippen MR) is 73.3 cm³/mol. The second kappa shape index (κ2) is 6.68. The molecule has 2 rings (SSSR count). The average Bonchev–Trinajstić information content (AvgIpc) is 2.94. The Labute approximate surface area is 116 Å². The van der Waals surface area contributed by atoms with Crippen molar-refractivity contribution in [3.63, 3.8) is 0 Å². The zero-order valence-corrected chi connectivity index (χ0v) is 11.7. The van der Waals surface area contributed by atoms with Crippen LogP contribution in [0.4, 0.5) is 0 Å². The standard InChI is InChI=1S/C13H18N2O3S/c1-18-9-12(16)15-6-4-10(5-7-15)14-13(17)11-3-2-8-19-11/h2-3,8,10H,4-7,9H2,1H3,(H,14,17). The number of rotatable bonds is 4. The molecule has 1 saturated heterocycles. The van der Waals surface area contributed by atoms with Crippen LogP contribution in [-0.2, 0) is 9.53 Å². The molecule has 1 fully saturated rings. The molecule has 1 N–H and O–H groups in total. The topological polar surface area (TPSA) is 58.6 Å². The summed E-state index contributed by atoms with van der Waals surface area (Å²) in [5, 5.41) is 4.90. The zero-order valence-electron chi connectivity index (χ0n) is 10.9. The summed E-state index contributed by atoms with van der Waals surface area (Å²) in [5.74, 6) is 0.00204. The van der Waals surface area contributed by atoms with Gasteiger partial charge in [0.15, 0.2) is 0 Å². The molecule has 1 aromatic heterocycles. The van der Waals surface area contributed by atoms with Gasteiger partial charge >= 0.3 is 0 Å². The third-order valence-corrected chi connectivity index (χ3v) is 4.06. The highest BCUT2D eigenvalue weighted by Gasteiger charge is 2.24. The molecule has 0 aromatic carbocycles. The van der Waals surface area contributed by atoms with Crippen molar-refractivity contribution in [3.05, 3.63) is 22.4 Å². The first-order chi connectivity index (χ1) is 9.20. The van der Waals surface area contributed by atoms with Crippen molar-refractivity contribution < 1.29 is 14.3 Å². The smallest absolute Gasteiger partial charge is 0.261 e. The van der Waals surface area contributed by atoms with E-state index in [1.54, 1.807) is 4.90 Å². The Hall–Kier alpha value is -1.40. The van der Waals surface area contributed by atoms with E-state index in [9.17, 15) is 9.59 Å². The van der Waals surface area contributed by atoms with Crippen molar-refractivity contribution in [1.29, 1.82) is 0 Å². The van der Waals surface area contributed by atoms with Crippen LogP contribution in [0.15, 0.2) is 17.5 Å². The summed E-state index contributed by atoms with van der Waals surface area (Å²) >= 11 is 1.44. The van der Waals surface area contributed by atoms with Crippen LogP contribution in [0.3, 0.4) is 0 Å². The Morgan fingerprint density at radius 2 is 2.21 bits per heavy atom. The lowest BCUT2D eigenvalue weighted by atomic mass is 10.0. The van der Waals surface area contributed by atoms with Gasteiger partial charge in [0, 0.05) is 26.2 Å². The zero-order chi connectivity index (χ0) is 13.7. The number of ether oxygens (including phenoxy) is 1. The summed E-state index contributed by atoms with van der Waals surface area (Å²) in [7, 11) is 1.52. The lowest BCUT2D eigenvalue weighted by Crippen LogP contribution is -2.47. The number of hydrogen-bond acceptors (Lipinski definition) is 4. The number of likely N-dealkylation sites (tertiary alicyclic amines) is 1. The lowest BCUT2D eigenvalue weighted by Gasteiger charge is -2.32. The fourth-order valence-corrected chi connectivity index (χ4v) is 2.78. The molecule has 0 bridgehead atoms. The van der Waals surface area contributed by atoms with E-state index in [0.29, 0.717) is 13.1 Å². The monoisotopic (exact) mass is 282 g/mol. The van der Waals surface area contributed by atoms with Crippen LogP contribution in [0.25, 0.3) is 0 Å². The molecule has 1 aliphatic heterocycles. The molecule has 0 radical (unpaired) electrons. The first kappa shape index (κ1) is 14.0. The highest BCUT2D eigenvalue weighted by molar-refractivity contribution is 7.12. The first-order valence-electron chi connectivity index (χ1n) is 6.32. The fourth-order valence-electron chi connectivity index (χ4n) is 2.15. The van der Waals surface area contributed by atoms with E-state index in [0.717, 1.165) is 17.7 Å². The van der Waals surface area contributed by atoms with Crippen LogP contribution in [0.1, 0.15) is 22.5 Å². The molecule has 104 valence electrons. The van der Waals surface area contributed by atoms with Gasteiger partial charge < -0.3 is 15.0 Å². The molecule has 0 atom stereocenters. The molecule has 1 aromatic rings. The van der Waals surface area contributed by atoms with Gasteiger partial charge in [-0.2, -0.15) is 0 Å². The van der Waals surface area contributed by atoms with Gasteiger partial charge in [-0.1, -0.05) is 6.07 Å². The molecular formula is C13H18N2O3S. The summed E-state index contributed by atoms with van der Waals surface area (Å²) in [6, 6.07) is 3.84. The van der Waals surface area contributed by atoms with Gasteiger partial charge in [0.05, 0.1) is 4.88 Å². The summed E-state index contributed by atoms with van der Waals surface area (Å²) in [5.41, 5.74) is 0. The van der Waals surface area contributed by atoms with E-state index in [4.69, 9.17) is 4.74 Å². The maximum Gasteiger partial charge on any atom is 0.261 e. The molecular weight excluding hydrogens is 264 g/mol. The van der Waals surface area contributed by atoms with Gasteiger partial charge in [-0.05, 0) is 24.3 Å². The van der Waals surface area contributed by atoms with Crippen molar-refractivity contribution in [3.8, 4) is 0 Å². The number of piperidine rings is 1. The quantitative estimate of drug-likeness (QED) is 0.900. The summed E-state index contributed by atoms with van der Waals surface area (Å²) < 4.78 is 4.84. The molecule has 2 heterocycles. The van der Waals surface area contributed by atoms with Crippen LogP contribution in [0.5, 0.6) is 0 Å². The van der Waals surface area contributed by atoms with Crippen molar-refractivity contribution >= 4 is 23.2 Å². The normalized spacial score (nSPS) is 16.4. The molecule has 0 aliphatic carbocycles. The minimum atomic E-state index is -0.0170. The second-order valence-corrected chi connectivity index (χ2v) is 5.49. The van der Waals surface area contributed by atoms with Crippen LogP contribution in [-0.4, -0.2) is 49.6 Å². The molecule has 19 heavy (non-hydrogen) atoms. The van der Waals surface area contributed by atoms with Gasteiger partial charge in [0.1, 0.15) is 6.61 Å². The minimum absolute atomic E-state index is 0.0170. The Morgan fingerprint density at radius 3 is 2.79 bits per heavy atom. The summed E-state index contributed by atoms with van der Waals surface area (Å²) in [6.07, 6.45) is 1.60. The summed E-state index contributed by atoms with van der Waals surface area (Å²) in [6.45, 7) is 1.49. The Bertz CT molecular complexity index is 425. The number of carbonyl (C=O) groups is 2. The Balaban J connectivity index is 1.77. The van der Waals surface area contributed by atoms with Crippen LogP contribution in [0, 0.1) is 0 Å². The van der Waals surface area contributed by atoms with Crippen LogP contribution < -0.4 is 5.32 Å². The van der Waals surface area contributed by atoms with E-state index in [1.165, 1.54) is 18.4 Å². The predicted octanol–water partition coefficient (Wildman–Crippen LogP) is 1.12. The SMILES string of the molecule is COCC(=O)N1CCC(NC(=O)c2cccs2)CC1. The number of carbonyl (C=O) groups excluding carboxylic acids is 2. The maximum absolute atomic E-state index is 11.9. The van der Waals surface area contributed by atoms with Gasteiger partial charge in [0.25, 0.3) is 5.91 Å². The number of methoxy groups -OCH3 is 1. The average molecular weight is 282 g/mol. The van der Waals surface area contributed by atoms with E-state index < -0.39 is 0 Å². The van der Waals surface area contributed by atoms with E-state index in [1.807, 2.05) is 17.5 Å². The largest absolute Gasteiger partial charge is 0.375 e. The van der Waals surface area contributed by atoms with E-state index in [-0.39, 0.29) is 24.5 Å². The number of nitrogens with zero attached hydrogens (tertiary/aromatic N) is 1. The molecule has 5 nitrogen and oxygen atoms in total. The maximum atomic E-state index is 11.9. The lowest BCUT2D eigenvalue weighted by molar-refractivity contribution is -0.136. The van der Waals surface area contributed by atoms with Crippen molar-refractivity contribution in [2.24, 2.45) is 0 Å². The molecule has 2 amide bonds. The third kappa shape index (κ3) is 3.78. The fraction of sp³-hybridized carbons (Fsp3) is 0.538. The molecule has 1 aliphatic rings. The minimum Gasteiger partial charge on any atom is -0.375 e. The van der Waals surface area contributed by atoms with Gasteiger partial charge in [-0.15, -0.1) is 11.3 Å². The molecule has 0 unspecified atom stereocenters. The molecule has 0 spiro atoms. The van der Waals surface area contributed by atoms with Gasteiger partial charge in [-0.25, -0.2) is 0 Å². The van der Waals surface area contributed by atoms with E-state index >= 15 is 0 Å². The van der Waals surface area contributed by atoms with Crippen molar-refractivity contribution in [2.45, 2.75) is 18.9 Å². The number of amides is 2. The Kier molecular flexibility index (Phi) is 4.93. The van der Waals surface area contributed by atoms with Crippen molar-refractivity contribution in [2.75, 3.05) is 26.8 Å². The van der Waals surface area contributed by atoms with Gasteiger partial charge in [-0.3, -0.25) is 9.59 Å². The number of hydrogen-bond donors (Lipinski definition) is 1. The Morgan fingerprint density at radius 1 is 1.47 bits per heavy atom. The van der Waals surface area contributed by atoms with Crippen LogP contribution in [0.2, 0.25) is 0 Å². The van der Waals surface area contributed by atoms with E-state index in [2.05, 4.69) is 5.32 Å². The summed E-state index contributed by atoms with van der Waals surface area (Å²) in [4.78, 5) is 26.0. The molecule has 6 heteroatoms. The third-order valence-electron chi connectivity index (χ3n) is 3.20. The van der Waals surface area contributed by atoms with Crippen LogP contribution >= 0.6 is 11.3 Å². The number of thiophene rings is 1. The van der Waals surface area contributed by atoms with Crippen molar-refractivity contribution in [1.82, 2.24) is 10.2 Å². The number of nitrogens with one attached hydrogen (secondary N) is 1. The highest BCUT2D eigenvalue weighted by Crippen LogP contribution is 2.13. The molecule has 0 saturated carbocycles. The first-order valence-corrected chi connectivity index (χ1v) is 7.19. The highest BCUT2D eigenvalue weighted by atomic mass is 32.1. The van der Waals surface area contributed by atoms with Gasteiger partial charge in [0.2, 0.25) is 5.91 Å².